The number of hydrogen-bond donors (Lipinski definition) is 3. The molecule has 5 nitrogen and oxygen atoms in total. The third-order valence-corrected chi connectivity index (χ3v) is 7.28. The summed E-state index contributed by atoms with van der Waals surface area (Å²) in [6.45, 7) is 0. The molecule has 0 heterocycles. The number of benzene rings is 3. The van der Waals surface area contributed by atoms with Gasteiger partial charge in [-0.15, -0.1) is 0 Å². The van der Waals surface area contributed by atoms with Crippen molar-refractivity contribution >= 4 is 56.5 Å². The fourth-order valence-corrected chi connectivity index (χ4v) is 5.55. The zero-order chi connectivity index (χ0) is 21.6. The molecule has 0 radical (unpaired) electrons. The molecule has 152 valence electrons. The SMILES string of the molecule is O=S(=O)(O)C(c1cccc(O)c1)(c1ccc(Cl)c(O)c1)c1c(Cl)ccc(Cl)c1Cl. The van der Waals surface area contributed by atoms with Gasteiger partial charge in [0.1, 0.15) is 11.5 Å². The van der Waals surface area contributed by atoms with Gasteiger partial charge < -0.3 is 10.2 Å². The first-order valence-electron chi connectivity index (χ1n) is 7.89. The third kappa shape index (κ3) is 3.65. The second-order valence-corrected chi connectivity index (χ2v) is 9.25. The van der Waals surface area contributed by atoms with E-state index in [2.05, 4.69) is 0 Å². The Labute approximate surface area is 186 Å². The van der Waals surface area contributed by atoms with Crippen LogP contribution in [0.4, 0.5) is 0 Å². The Bertz CT molecular complexity index is 1210. The zero-order valence-electron chi connectivity index (χ0n) is 14.3. The summed E-state index contributed by atoms with van der Waals surface area (Å²) in [5, 5.41) is 19.7. The average Bonchev–Trinajstić information content (AvgIpc) is 2.63. The van der Waals surface area contributed by atoms with Gasteiger partial charge in [-0.1, -0.05) is 64.6 Å². The first-order valence-corrected chi connectivity index (χ1v) is 10.8. The van der Waals surface area contributed by atoms with Crippen LogP contribution in [0.2, 0.25) is 20.1 Å². The van der Waals surface area contributed by atoms with Gasteiger partial charge >= 0.3 is 0 Å². The van der Waals surface area contributed by atoms with E-state index in [4.69, 9.17) is 46.4 Å². The molecular weight excluding hydrogens is 482 g/mol. The van der Waals surface area contributed by atoms with E-state index >= 15 is 0 Å². The molecule has 0 spiro atoms. The Morgan fingerprint density at radius 1 is 0.759 bits per heavy atom. The summed E-state index contributed by atoms with van der Waals surface area (Å²) in [6, 6.07) is 11.5. The van der Waals surface area contributed by atoms with E-state index in [0.717, 1.165) is 12.1 Å². The minimum atomic E-state index is -5.09. The van der Waals surface area contributed by atoms with Gasteiger partial charge in [-0.2, -0.15) is 8.42 Å². The van der Waals surface area contributed by atoms with Crippen molar-refractivity contribution in [2.24, 2.45) is 0 Å². The lowest BCUT2D eigenvalue weighted by Gasteiger charge is -2.34. The maximum atomic E-state index is 13.0. The summed E-state index contributed by atoms with van der Waals surface area (Å²) in [5.41, 5.74) is -0.463. The second-order valence-electron chi connectivity index (χ2n) is 6.09. The quantitative estimate of drug-likeness (QED) is 0.239. The minimum Gasteiger partial charge on any atom is -0.508 e. The van der Waals surface area contributed by atoms with E-state index in [1.807, 2.05) is 0 Å². The van der Waals surface area contributed by atoms with Crippen LogP contribution in [0.25, 0.3) is 0 Å². The fraction of sp³-hybridized carbons (Fsp3) is 0.0526. The summed E-state index contributed by atoms with van der Waals surface area (Å²) in [7, 11) is -5.09. The van der Waals surface area contributed by atoms with Crippen LogP contribution in [0.15, 0.2) is 54.6 Å². The van der Waals surface area contributed by atoms with Crippen molar-refractivity contribution in [1.82, 2.24) is 0 Å². The van der Waals surface area contributed by atoms with Crippen LogP contribution in [0.1, 0.15) is 16.7 Å². The Kier molecular flexibility index (Phi) is 5.98. The fourth-order valence-electron chi connectivity index (χ4n) is 3.19. The zero-order valence-corrected chi connectivity index (χ0v) is 18.1. The summed E-state index contributed by atoms with van der Waals surface area (Å²) in [5.74, 6) is -0.713. The maximum Gasteiger partial charge on any atom is 0.283 e. The number of rotatable bonds is 4. The normalized spacial score (nSPS) is 13.8. The first kappa shape index (κ1) is 22.0. The Morgan fingerprint density at radius 3 is 1.93 bits per heavy atom. The molecule has 3 aromatic rings. The molecule has 1 unspecified atom stereocenters. The van der Waals surface area contributed by atoms with Crippen molar-refractivity contribution < 1.29 is 23.2 Å². The van der Waals surface area contributed by atoms with Crippen LogP contribution in [-0.2, 0) is 14.9 Å². The summed E-state index contributed by atoms with van der Waals surface area (Å²) in [6.07, 6.45) is 0. The molecule has 3 N–H and O–H groups in total. The van der Waals surface area contributed by atoms with Crippen LogP contribution in [-0.4, -0.2) is 23.2 Å². The van der Waals surface area contributed by atoms with E-state index in [1.165, 1.54) is 42.5 Å². The lowest BCUT2D eigenvalue weighted by molar-refractivity contribution is 0.455. The highest BCUT2D eigenvalue weighted by atomic mass is 35.5. The largest absolute Gasteiger partial charge is 0.508 e. The van der Waals surface area contributed by atoms with Gasteiger partial charge in [0.15, 0.2) is 4.75 Å². The Hall–Kier alpha value is -1.67. The van der Waals surface area contributed by atoms with Crippen molar-refractivity contribution in [1.29, 1.82) is 0 Å². The van der Waals surface area contributed by atoms with Crippen LogP contribution in [0.3, 0.4) is 0 Å². The lowest BCUT2D eigenvalue weighted by Crippen LogP contribution is -2.39. The highest BCUT2D eigenvalue weighted by Gasteiger charge is 2.51. The summed E-state index contributed by atoms with van der Waals surface area (Å²) < 4.78 is 34.0. The molecule has 0 aliphatic heterocycles. The van der Waals surface area contributed by atoms with Gasteiger partial charge in [0.25, 0.3) is 10.1 Å². The smallest absolute Gasteiger partial charge is 0.283 e. The molecule has 0 saturated heterocycles. The van der Waals surface area contributed by atoms with E-state index in [-0.39, 0.29) is 42.5 Å². The molecule has 29 heavy (non-hydrogen) atoms. The summed E-state index contributed by atoms with van der Waals surface area (Å²) >= 11 is 24.7. The monoisotopic (exact) mass is 492 g/mol. The second kappa shape index (κ2) is 7.87. The number of hydrogen-bond acceptors (Lipinski definition) is 4. The van der Waals surface area contributed by atoms with Gasteiger partial charge in [0, 0.05) is 10.6 Å². The number of phenols is 2. The summed E-state index contributed by atoms with van der Waals surface area (Å²) in [4.78, 5) is 0. The molecule has 0 amide bonds. The van der Waals surface area contributed by atoms with Gasteiger partial charge in [-0.25, -0.2) is 0 Å². The molecule has 10 heteroatoms. The van der Waals surface area contributed by atoms with Gasteiger partial charge in [-0.05, 0) is 47.5 Å². The van der Waals surface area contributed by atoms with Crippen molar-refractivity contribution in [3.8, 4) is 11.5 Å². The molecular formula is C19H12Cl4O5S. The topological polar surface area (TPSA) is 94.8 Å². The lowest BCUT2D eigenvalue weighted by atomic mass is 9.83. The van der Waals surface area contributed by atoms with Crippen molar-refractivity contribution in [2.75, 3.05) is 0 Å². The van der Waals surface area contributed by atoms with E-state index < -0.39 is 20.6 Å². The van der Waals surface area contributed by atoms with E-state index in [1.54, 1.807) is 0 Å². The molecule has 0 aliphatic carbocycles. The molecule has 0 saturated carbocycles. The maximum absolute atomic E-state index is 13.0. The first-order chi connectivity index (χ1) is 13.5. The third-order valence-electron chi connectivity index (χ3n) is 4.39. The number of phenolic OH excluding ortho intramolecular Hbond substituents is 2. The van der Waals surface area contributed by atoms with Crippen LogP contribution < -0.4 is 0 Å². The highest BCUT2D eigenvalue weighted by Crippen LogP contribution is 2.51. The van der Waals surface area contributed by atoms with Gasteiger partial charge in [0.05, 0.1) is 15.1 Å². The minimum absolute atomic E-state index is 0.0163. The van der Waals surface area contributed by atoms with Crippen LogP contribution in [0, 0.1) is 0 Å². The van der Waals surface area contributed by atoms with Crippen LogP contribution >= 0.6 is 46.4 Å². The van der Waals surface area contributed by atoms with E-state index in [0.29, 0.717) is 0 Å². The Balaban J connectivity index is 2.63. The highest BCUT2D eigenvalue weighted by molar-refractivity contribution is 7.87. The van der Waals surface area contributed by atoms with Crippen molar-refractivity contribution in [2.45, 2.75) is 4.75 Å². The molecule has 1 atom stereocenters. The van der Waals surface area contributed by atoms with E-state index in [9.17, 15) is 23.2 Å². The molecule has 3 aromatic carbocycles. The Morgan fingerprint density at radius 2 is 1.34 bits per heavy atom. The predicted molar refractivity (Wildman–Crippen MR) is 114 cm³/mol. The molecule has 0 aliphatic rings. The van der Waals surface area contributed by atoms with Crippen molar-refractivity contribution in [3.05, 3.63) is 91.4 Å². The predicted octanol–water partition coefficient (Wildman–Crippen LogP) is 5.89. The van der Waals surface area contributed by atoms with Gasteiger partial charge in [0.2, 0.25) is 0 Å². The molecule has 0 fully saturated rings. The standard InChI is InChI=1S/C19H12Cl4O5S/c20-13-5-4-11(9-16(13)25)19(29(26,27)28,10-2-1-3-12(24)8-10)17-14(21)6-7-15(22)18(17)23/h1-9,24-25H,(H,26,27,28). The number of aromatic hydroxyl groups is 2. The van der Waals surface area contributed by atoms with Crippen LogP contribution in [0.5, 0.6) is 11.5 Å². The molecule has 3 rings (SSSR count). The van der Waals surface area contributed by atoms with Gasteiger partial charge in [-0.3, -0.25) is 4.55 Å². The molecule has 0 aromatic heterocycles. The molecule has 0 bridgehead atoms. The average molecular weight is 494 g/mol. The number of halogens is 4. The van der Waals surface area contributed by atoms with Crippen molar-refractivity contribution in [3.63, 3.8) is 0 Å².